The lowest BCUT2D eigenvalue weighted by atomic mass is 9.48. The van der Waals surface area contributed by atoms with E-state index in [0.717, 1.165) is 55.1 Å². The number of hydrogen-bond donors (Lipinski definition) is 2. The first-order valence-corrected chi connectivity index (χ1v) is 14.4. The quantitative estimate of drug-likeness (QED) is 0.533. The van der Waals surface area contributed by atoms with Crippen LogP contribution in [0.25, 0.3) is 11.0 Å². The minimum atomic E-state index is -1.15. The standard InChI is InChI=1S/C31H43FN2O3/c1-28(2,36)19-6-10-26-25(15-19)33-18-34(26)17-27(35)24-9-8-22-21-7-5-20-16-29(3,37)13-14-31(20,32)23(21)11-12-30(22,24)4/h6,10,15,18,20-24,36-37H,5,7-9,11-14,16-17H2,1-4H3/t20?,21-,22-,23-,24+,29+,30-,31?/m0/s1. The van der Waals surface area contributed by atoms with Gasteiger partial charge in [0.05, 0.1) is 35.1 Å². The van der Waals surface area contributed by atoms with Crippen molar-refractivity contribution < 1.29 is 19.4 Å². The minimum Gasteiger partial charge on any atom is -0.390 e. The van der Waals surface area contributed by atoms with Gasteiger partial charge < -0.3 is 14.8 Å². The number of nitrogens with zero attached hydrogens (tertiary/aromatic N) is 2. The van der Waals surface area contributed by atoms with E-state index >= 15 is 4.39 Å². The van der Waals surface area contributed by atoms with E-state index in [9.17, 15) is 15.0 Å². The summed E-state index contributed by atoms with van der Waals surface area (Å²) in [6.45, 7) is 8.02. The zero-order valence-corrected chi connectivity index (χ0v) is 22.8. The lowest BCUT2D eigenvalue weighted by Gasteiger charge is -2.59. The predicted molar refractivity (Wildman–Crippen MR) is 142 cm³/mol. The van der Waals surface area contributed by atoms with Gasteiger partial charge >= 0.3 is 0 Å². The lowest BCUT2D eigenvalue weighted by Crippen LogP contribution is -2.58. The first-order valence-electron chi connectivity index (χ1n) is 14.4. The smallest absolute Gasteiger partial charge is 0.156 e. The number of ketones is 1. The first kappa shape index (κ1) is 25.5. The van der Waals surface area contributed by atoms with Crippen molar-refractivity contribution in [3.8, 4) is 0 Å². The molecule has 4 saturated carbocycles. The number of carbonyl (C=O) groups is 1. The number of aliphatic hydroxyl groups is 2. The van der Waals surface area contributed by atoms with E-state index < -0.39 is 16.9 Å². The topological polar surface area (TPSA) is 75.4 Å². The molecule has 37 heavy (non-hydrogen) atoms. The van der Waals surface area contributed by atoms with Crippen LogP contribution in [0.5, 0.6) is 0 Å². The van der Waals surface area contributed by atoms with E-state index in [1.807, 2.05) is 29.7 Å². The molecule has 2 N–H and O–H groups in total. The van der Waals surface area contributed by atoms with Gasteiger partial charge in [0.15, 0.2) is 5.78 Å². The lowest BCUT2D eigenvalue weighted by molar-refractivity contribution is -0.165. The molecule has 0 bridgehead atoms. The van der Waals surface area contributed by atoms with Crippen LogP contribution in [0.4, 0.5) is 4.39 Å². The second kappa shape index (κ2) is 8.35. The Bertz CT molecular complexity index is 1210. The highest BCUT2D eigenvalue weighted by Gasteiger charge is 2.63. The fraction of sp³-hybridized carbons (Fsp3) is 0.742. The molecule has 1 aromatic carbocycles. The van der Waals surface area contributed by atoms with Crippen LogP contribution < -0.4 is 0 Å². The van der Waals surface area contributed by atoms with Crippen LogP contribution in [0.1, 0.15) is 91.0 Å². The van der Waals surface area contributed by atoms with Crippen LogP contribution in [0, 0.1) is 35.0 Å². The molecule has 0 saturated heterocycles. The largest absolute Gasteiger partial charge is 0.390 e. The number of Topliss-reactive ketones (excluding diaryl/α,β-unsaturated/α-hetero) is 1. The highest BCUT2D eigenvalue weighted by molar-refractivity contribution is 5.84. The van der Waals surface area contributed by atoms with Gasteiger partial charge in [0, 0.05) is 5.92 Å². The maximum absolute atomic E-state index is 16.6. The fourth-order valence-corrected chi connectivity index (χ4v) is 9.35. The molecule has 4 fully saturated rings. The van der Waals surface area contributed by atoms with E-state index in [4.69, 9.17) is 0 Å². The summed E-state index contributed by atoms with van der Waals surface area (Å²) in [6.07, 6.45) is 8.99. The number of alkyl halides is 1. The summed E-state index contributed by atoms with van der Waals surface area (Å²) in [6, 6.07) is 5.76. The molecule has 0 amide bonds. The summed E-state index contributed by atoms with van der Waals surface area (Å²) < 4.78 is 18.6. The predicted octanol–water partition coefficient (Wildman–Crippen LogP) is 5.94. The first-order chi connectivity index (χ1) is 17.3. The van der Waals surface area contributed by atoms with Gasteiger partial charge in [0.1, 0.15) is 5.67 Å². The number of halogens is 1. The molecule has 202 valence electrons. The Kier molecular flexibility index (Phi) is 5.75. The Labute approximate surface area is 219 Å². The van der Waals surface area contributed by atoms with Gasteiger partial charge in [-0.15, -0.1) is 0 Å². The van der Waals surface area contributed by atoms with Crippen molar-refractivity contribution >= 4 is 16.8 Å². The van der Waals surface area contributed by atoms with Gasteiger partial charge in [0.25, 0.3) is 0 Å². The Morgan fingerprint density at radius 2 is 1.89 bits per heavy atom. The molecular weight excluding hydrogens is 467 g/mol. The molecule has 0 aliphatic heterocycles. The third kappa shape index (κ3) is 4.00. The zero-order chi connectivity index (χ0) is 26.4. The number of imidazole rings is 1. The van der Waals surface area contributed by atoms with Crippen molar-refractivity contribution in [2.24, 2.45) is 35.0 Å². The molecule has 0 spiro atoms. The Morgan fingerprint density at radius 1 is 1.11 bits per heavy atom. The molecule has 2 unspecified atom stereocenters. The maximum Gasteiger partial charge on any atom is 0.156 e. The molecule has 2 aromatic rings. The molecule has 0 radical (unpaired) electrons. The normalized spacial score (nSPS) is 41.8. The summed E-state index contributed by atoms with van der Waals surface area (Å²) in [5, 5.41) is 21.0. The molecule has 4 aliphatic rings. The van der Waals surface area contributed by atoms with Crippen molar-refractivity contribution in [1.29, 1.82) is 0 Å². The summed E-state index contributed by atoms with van der Waals surface area (Å²) in [5.41, 5.74) is -0.364. The Morgan fingerprint density at radius 3 is 2.65 bits per heavy atom. The van der Waals surface area contributed by atoms with E-state index in [-0.39, 0.29) is 29.0 Å². The summed E-state index contributed by atoms with van der Waals surface area (Å²) in [5.74, 6) is 1.10. The summed E-state index contributed by atoms with van der Waals surface area (Å²) in [7, 11) is 0. The molecule has 4 aliphatic carbocycles. The molecule has 6 rings (SSSR count). The molecule has 1 heterocycles. The van der Waals surface area contributed by atoms with Gasteiger partial charge in [0.2, 0.25) is 0 Å². The number of carbonyl (C=O) groups excluding carboxylic acids is 1. The van der Waals surface area contributed by atoms with Crippen molar-refractivity contribution in [3.63, 3.8) is 0 Å². The average Bonchev–Trinajstić information content (AvgIpc) is 3.39. The third-order valence-corrected chi connectivity index (χ3v) is 11.4. The van der Waals surface area contributed by atoms with E-state index in [1.54, 1.807) is 20.2 Å². The second-order valence-corrected chi connectivity index (χ2v) is 14.1. The number of hydrogen-bond acceptors (Lipinski definition) is 4. The Hall–Kier alpha value is -1.79. The second-order valence-electron chi connectivity index (χ2n) is 14.1. The van der Waals surface area contributed by atoms with E-state index in [1.165, 1.54) is 0 Å². The fourth-order valence-electron chi connectivity index (χ4n) is 9.35. The highest BCUT2D eigenvalue weighted by Crippen LogP contribution is 2.66. The summed E-state index contributed by atoms with van der Waals surface area (Å²) >= 11 is 0. The van der Waals surface area contributed by atoms with Gasteiger partial charge in [-0.1, -0.05) is 13.0 Å². The summed E-state index contributed by atoms with van der Waals surface area (Å²) in [4.78, 5) is 18.3. The SMILES string of the molecule is CC(C)(O)c1ccc2c(c1)ncn2CC(=O)[C@H]1CC[C@H]2[C@@H]3CCC4C[C@](C)(O)CCC4(F)[C@H]3CC[C@]12C. The van der Waals surface area contributed by atoms with Crippen LogP contribution in [-0.4, -0.2) is 36.8 Å². The molecule has 6 heteroatoms. The van der Waals surface area contributed by atoms with Crippen LogP contribution in [0.3, 0.4) is 0 Å². The van der Waals surface area contributed by atoms with E-state index in [0.29, 0.717) is 37.6 Å². The van der Waals surface area contributed by atoms with Crippen LogP contribution in [0.15, 0.2) is 24.5 Å². The van der Waals surface area contributed by atoms with Gasteiger partial charge in [-0.05, 0) is 125 Å². The molecular formula is C31H43FN2O3. The van der Waals surface area contributed by atoms with Crippen molar-refractivity contribution in [2.75, 3.05) is 0 Å². The number of fused-ring (bicyclic) bond motifs is 6. The van der Waals surface area contributed by atoms with Crippen molar-refractivity contribution in [1.82, 2.24) is 9.55 Å². The van der Waals surface area contributed by atoms with Gasteiger partial charge in [-0.2, -0.15) is 0 Å². The van der Waals surface area contributed by atoms with Crippen molar-refractivity contribution in [3.05, 3.63) is 30.1 Å². The van der Waals surface area contributed by atoms with Gasteiger partial charge in [-0.3, -0.25) is 4.79 Å². The monoisotopic (exact) mass is 510 g/mol. The van der Waals surface area contributed by atoms with E-state index in [2.05, 4.69) is 11.9 Å². The van der Waals surface area contributed by atoms with Crippen LogP contribution in [0.2, 0.25) is 0 Å². The Balaban J connectivity index is 1.20. The van der Waals surface area contributed by atoms with Gasteiger partial charge in [-0.25, -0.2) is 9.37 Å². The van der Waals surface area contributed by atoms with Crippen molar-refractivity contribution in [2.45, 2.75) is 109 Å². The van der Waals surface area contributed by atoms with Crippen LogP contribution in [-0.2, 0) is 16.9 Å². The molecule has 8 atom stereocenters. The highest BCUT2D eigenvalue weighted by atomic mass is 19.1. The van der Waals surface area contributed by atoms with Crippen LogP contribution >= 0.6 is 0 Å². The molecule has 5 nitrogen and oxygen atoms in total. The zero-order valence-electron chi connectivity index (χ0n) is 22.8. The number of benzene rings is 1. The number of aromatic nitrogens is 2. The maximum atomic E-state index is 16.6. The molecule has 1 aromatic heterocycles. The average molecular weight is 511 g/mol. The minimum absolute atomic E-state index is 0.00641. The number of rotatable bonds is 4. The third-order valence-electron chi connectivity index (χ3n) is 11.4.